The maximum atomic E-state index is 12.1. The van der Waals surface area contributed by atoms with Crippen LogP contribution in [0.2, 0.25) is 0 Å². The van der Waals surface area contributed by atoms with Crippen molar-refractivity contribution in [3.8, 4) is 11.3 Å². The summed E-state index contributed by atoms with van der Waals surface area (Å²) in [5.74, 6) is 1.54. The lowest BCUT2D eigenvalue weighted by Crippen LogP contribution is -2.18. The molecule has 5 nitrogen and oxygen atoms in total. The lowest BCUT2D eigenvalue weighted by atomic mass is 9.85. The Kier molecular flexibility index (Phi) is 4.10. The van der Waals surface area contributed by atoms with Gasteiger partial charge in [-0.3, -0.25) is 14.9 Å². The van der Waals surface area contributed by atoms with Crippen molar-refractivity contribution in [1.82, 2.24) is 0 Å². The number of Topliss-reactive ketones (excluding diaryl/α,β-unsaturated/α-hetero) is 1. The minimum absolute atomic E-state index is 0.0458. The zero-order chi connectivity index (χ0) is 16.4. The molecule has 3 rings (SSSR count). The molecule has 1 aromatic heterocycles. The van der Waals surface area contributed by atoms with E-state index in [9.17, 15) is 14.9 Å². The van der Waals surface area contributed by atoms with Crippen molar-refractivity contribution in [2.75, 3.05) is 0 Å². The standard InChI is InChI=1S/C18H17NO4/c1-12-3-2-4-14(18(12)20)11-16-9-10-17(23-16)13-5-7-15(8-6-13)19(21)22/h5-12H,2-4H2,1H3/b14-11-/t12-/m1/s1. The monoisotopic (exact) mass is 311 g/mol. The van der Waals surface area contributed by atoms with E-state index < -0.39 is 4.92 Å². The first-order chi connectivity index (χ1) is 11.0. The molecule has 1 atom stereocenters. The highest BCUT2D eigenvalue weighted by Gasteiger charge is 2.22. The normalized spacial score (nSPS) is 20.0. The van der Waals surface area contributed by atoms with E-state index in [2.05, 4.69) is 0 Å². The molecule has 0 bridgehead atoms. The fraction of sp³-hybridized carbons (Fsp3) is 0.278. The number of furan rings is 1. The summed E-state index contributed by atoms with van der Waals surface area (Å²) in [6, 6.07) is 9.83. The Morgan fingerprint density at radius 3 is 2.65 bits per heavy atom. The van der Waals surface area contributed by atoms with Crippen LogP contribution in [0.15, 0.2) is 46.4 Å². The zero-order valence-corrected chi connectivity index (χ0v) is 12.8. The predicted octanol–water partition coefficient (Wildman–Crippen LogP) is 4.63. The molecule has 0 saturated heterocycles. The van der Waals surface area contributed by atoms with Gasteiger partial charge >= 0.3 is 0 Å². The van der Waals surface area contributed by atoms with Crippen LogP contribution < -0.4 is 0 Å². The number of nitro groups is 1. The SMILES string of the molecule is C[C@@H]1CCC/C(=C/c2ccc(-c3ccc([N+](=O)[O-])cc3)o2)C1=O. The van der Waals surface area contributed by atoms with Gasteiger partial charge in [-0.2, -0.15) is 0 Å². The number of nitro benzene ring substituents is 1. The Hall–Kier alpha value is -2.69. The van der Waals surface area contributed by atoms with Gasteiger partial charge < -0.3 is 4.42 Å². The molecule has 1 aliphatic carbocycles. The number of rotatable bonds is 3. The van der Waals surface area contributed by atoms with Crippen molar-refractivity contribution in [2.24, 2.45) is 5.92 Å². The van der Waals surface area contributed by atoms with Crippen molar-refractivity contribution in [3.63, 3.8) is 0 Å². The van der Waals surface area contributed by atoms with Crippen molar-refractivity contribution in [2.45, 2.75) is 26.2 Å². The van der Waals surface area contributed by atoms with Gasteiger partial charge in [0.05, 0.1) is 4.92 Å². The van der Waals surface area contributed by atoms with E-state index in [1.165, 1.54) is 12.1 Å². The Morgan fingerprint density at radius 1 is 1.22 bits per heavy atom. The number of nitrogens with zero attached hydrogens (tertiary/aromatic N) is 1. The Bertz CT molecular complexity index is 771. The third-order valence-electron chi connectivity index (χ3n) is 4.15. The molecule has 5 heteroatoms. The van der Waals surface area contributed by atoms with Crippen LogP contribution in [0, 0.1) is 16.0 Å². The fourth-order valence-electron chi connectivity index (χ4n) is 2.82. The second-order valence-electron chi connectivity index (χ2n) is 5.83. The summed E-state index contributed by atoms with van der Waals surface area (Å²) in [4.78, 5) is 22.4. The number of benzene rings is 1. The predicted molar refractivity (Wildman–Crippen MR) is 86.8 cm³/mol. The highest BCUT2D eigenvalue weighted by Crippen LogP contribution is 2.29. The molecule has 2 aromatic rings. The largest absolute Gasteiger partial charge is 0.457 e. The van der Waals surface area contributed by atoms with Crippen molar-refractivity contribution >= 4 is 17.5 Å². The zero-order valence-electron chi connectivity index (χ0n) is 12.8. The van der Waals surface area contributed by atoms with Crippen LogP contribution in [0.3, 0.4) is 0 Å². The number of allylic oxidation sites excluding steroid dienone is 1. The molecule has 1 fully saturated rings. The molecule has 0 spiro atoms. The number of non-ortho nitro benzene ring substituents is 1. The molecule has 118 valence electrons. The van der Waals surface area contributed by atoms with Crippen LogP contribution in [-0.4, -0.2) is 10.7 Å². The van der Waals surface area contributed by atoms with E-state index in [0.29, 0.717) is 11.5 Å². The third-order valence-corrected chi connectivity index (χ3v) is 4.15. The van der Waals surface area contributed by atoms with Gasteiger partial charge in [-0.05, 0) is 55.2 Å². The molecule has 0 N–H and O–H groups in total. The molecule has 0 radical (unpaired) electrons. The van der Waals surface area contributed by atoms with Gasteiger partial charge in [0.25, 0.3) is 5.69 Å². The van der Waals surface area contributed by atoms with E-state index in [4.69, 9.17) is 4.42 Å². The minimum Gasteiger partial charge on any atom is -0.457 e. The van der Waals surface area contributed by atoms with Gasteiger partial charge in [0.1, 0.15) is 11.5 Å². The van der Waals surface area contributed by atoms with Gasteiger partial charge in [0, 0.05) is 23.6 Å². The Labute approximate surface area is 133 Å². The van der Waals surface area contributed by atoms with Crippen LogP contribution in [-0.2, 0) is 4.79 Å². The summed E-state index contributed by atoms with van der Waals surface area (Å²) < 4.78 is 5.76. The van der Waals surface area contributed by atoms with E-state index >= 15 is 0 Å². The lowest BCUT2D eigenvalue weighted by molar-refractivity contribution is -0.384. The van der Waals surface area contributed by atoms with E-state index in [-0.39, 0.29) is 17.4 Å². The second kappa shape index (κ2) is 6.20. The number of carbonyl (C=O) groups is 1. The van der Waals surface area contributed by atoms with Gasteiger partial charge in [-0.15, -0.1) is 0 Å². The number of hydrogen-bond acceptors (Lipinski definition) is 4. The number of ketones is 1. The van der Waals surface area contributed by atoms with Crippen LogP contribution >= 0.6 is 0 Å². The van der Waals surface area contributed by atoms with Crippen molar-refractivity contribution < 1.29 is 14.1 Å². The number of carbonyl (C=O) groups excluding carboxylic acids is 1. The van der Waals surface area contributed by atoms with Gasteiger partial charge in [0.15, 0.2) is 5.78 Å². The summed E-state index contributed by atoms with van der Waals surface area (Å²) in [6.45, 7) is 1.96. The minimum atomic E-state index is -0.433. The highest BCUT2D eigenvalue weighted by atomic mass is 16.6. The second-order valence-corrected chi connectivity index (χ2v) is 5.83. The quantitative estimate of drug-likeness (QED) is 0.470. The maximum absolute atomic E-state index is 12.1. The third kappa shape index (κ3) is 3.23. The summed E-state index contributed by atoms with van der Waals surface area (Å²) in [7, 11) is 0. The smallest absolute Gasteiger partial charge is 0.269 e. The maximum Gasteiger partial charge on any atom is 0.269 e. The summed E-state index contributed by atoms with van der Waals surface area (Å²) in [5, 5.41) is 10.7. The summed E-state index contributed by atoms with van der Waals surface area (Å²) in [5.41, 5.74) is 1.63. The molecular weight excluding hydrogens is 294 g/mol. The Morgan fingerprint density at radius 2 is 1.96 bits per heavy atom. The van der Waals surface area contributed by atoms with Crippen LogP contribution in [0.4, 0.5) is 5.69 Å². The molecule has 0 unspecified atom stereocenters. The molecule has 0 amide bonds. The molecule has 0 aliphatic heterocycles. The average Bonchev–Trinajstić information content (AvgIpc) is 3.00. The number of hydrogen-bond donors (Lipinski definition) is 0. The van der Waals surface area contributed by atoms with Gasteiger partial charge in [-0.1, -0.05) is 6.92 Å². The van der Waals surface area contributed by atoms with Crippen LogP contribution in [0.25, 0.3) is 17.4 Å². The topological polar surface area (TPSA) is 73.3 Å². The molecule has 1 heterocycles. The summed E-state index contributed by atoms with van der Waals surface area (Å²) in [6.07, 6.45) is 4.57. The molecular formula is C18H17NO4. The molecule has 23 heavy (non-hydrogen) atoms. The van der Waals surface area contributed by atoms with E-state index in [1.807, 2.05) is 25.1 Å². The first-order valence-electron chi connectivity index (χ1n) is 7.64. The fourth-order valence-corrected chi connectivity index (χ4v) is 2.82. The van der Waals surface area contributed by atoms with Crippen LogP contribution in [0.1, 0.15) is 31.9 Å². The average molecular weight is 311 g/mol. The van der Waals surface area contributed by atoms with Crippen LogP contribution in [0.5, 0.6) is 0 Å². The first kappa shape index (κ1) is 15.2. The van der Waals surface area contributed by atoms with Crippen molar-refractivity contribution in [3.05, 3.63) is 57.8 Å². The summed E-state index contributed by atoms with van der Waals surface area (Å²) >= 11 is 0. The molecule has 1 aliphatic rings. The van der Waals surface area contributed by atoms with Gasteiger partial charge in [0.2, 0.25) is 0 Å². The van der Waals surface area contributed by atoms with Crippen molar-refractivity contribution in [1.29, 1.82) is 0 Å². The van der Waals surface area contributed by atoms with Gasteiger partial charge in [-0.25, -0.2) is 0 Å². The van der Waals surface area contributed by atoms with E-state index in [1.54, 1.807) is 12.1 Å². The molecule has 1 saturated carbocycles. The highest BCUT2D eigenvalue weighted by molar-refractivity contribution is 6.01. The Balaban J connectivity index is 1.83. The lowest BCUT2D eigenvalue weighted by Gasteiger charge is -2.18. The van der Waals surface area contributed by atoms with E-state index in [0.717, 1.165) is 30.4 Å². The molecule has 1 aromatic carbocycles. The first-order valence-corrected chi connectivity index (χ1v) is 7.64.